The maximum absolute atomic E-state index is 13.0. The first-order valence-corrected chi connectivity index (χ1v) is 10.6. The summed E-state index contributed by atoms with van der Waals surface area (Å²) < 4.78 is 12.7. The molecule has 2 aliphatic rings. The molecule has 0 fully saturated rings. The highest BCUT2D eigenvalue weighted by Gasteiger charge is 2.53. The second-order valence-electron chi connectivity index (χ2n) is 9.76. The van der Waals surface area contributed by atoms with E-state index in [4.69, 9.17) is 9.47 Å². The monoisotopic (exact) mass is 413 g/mol. The number of fused-ring (bicyclic) bond motifs is 6. The Morgan fingerprint density at radius 2 is 1.48 bits per heavy atom. The summed E-state index contributed by atoms with van der Waals surface area (Å²) in [4.78, 5) is 15.1. The number of carbonyl (C=O) groups is 1. The lowest BCUT2D eigenvalue weighted by atomic mass is 9.76. The van der Waals surface area contributed by atoms with E-state index in [9.17, 15) is 4.79 Å². The molecule has 1 atom stereocenters. The molecule has 0 bridgehead atoms. The molecule has 31 heavy (non-hydrogen) atoms. The van der Waals surface area contributed by atoms with Crippen LogP contribution in [0.15, 0.2) is 54.6 Å². The van der Waals surface area contributed by atoms with E-state index in [2.05, 4.69) is 39.0 Å². The number of hydrogen-bond donors (Lipinski definition) is 0. The Morgan fingerprint density at radius 1 is 0.839 bits per heavy atom. The summed E-state index contributed by atoms with van der Waals surface area (Å²) in [6, 6.07) is 18.3. The highest BCUT2D eigenvalue weighted by Crippen LogP contribution is 2.57. The Morgan fingerprint density at radius 3 is 2.16 bits per heavy atom. The van der Waals surface area contributed by atoms with Gasteiger partial charge in [0, 0.05) is 42.5 Å². The van der Waals surface area contributed by atoms with Gasteiger partial charge in [-0.2, -0.15) is 0 Å². The van der Waals surface area contributed by atoms with E-state index in [1.807, 2.05) is 62.3 Å². The van der Waals surface area contributed by atoms with Crippen LogP contribution in [0.5, 0.6) is 11.5 Å². The third-order valence-electron chi connectivity index (χ3n) is 6.33. The Hall–Kier alpha value is -3.27. The van der Waals surface area contributed by atoms with Gasteiger partial charge in [-0.15, -0.1) is 0 Å². The number of ether oxygens (including phenoxy) is 2. The molecule has 158 valence electrons. The average molecular weight is 414 g/mol. The maximum Gasteiger partial charge on any atom is 0.340 e. The second-order valence-corrected chi connectivity index (χ2v) is 9.76. The van der Waals surface area contributed by atoms with Crippen LogP contribution in [0.25, 0.3) is 0 Å². The fourth-order valence-corrected chi connectivity index (χ4v) is 4.58. The van der Waals surface area contributed by atoms with Crippen molar-refractivity contribution >= 4 is 11.7 Å². The van der Waals surface area contributed by atoms with E-state index >= 15 is 0 Å². The maximum atomic E-state index is 13.0. The van der Waals surface area contributed by atoms with Crippen LogP contribution in [-0.2, 0) is 15.8 Å². The largest absolute Gasteiger partial charge is 0.456 e. The van der Waals surface area contributed by atoms with Crippen molar-refractivity contribution in [2.45, 2.75) is 38.7 Å². The van der Waals surface area contributed by atoms with Crippen molar-refractivity contribution in [2.24, 2.45) is 0 Å². The summed E-state index contributed by atoms with van der Waals surface area (Å²) in [5.74, 6) is 1.15. The standard InChI is InChI=1S/C27H27NO3/c1-16-7-10-20-19(13-16)25(29)31-27(20)21-11-8-17(26(2,3)4)14-23(21)30-24-15-18(28(5)6)9-12-22(24)27/h7-15H,1-6H3. The van der Waals surface area contributed by atoms with Gasteiger partial charge in [0.15, 0.2) is 5.60 Å². The van der Waals surface area contributed by atoms with Gasteiger partial charge in [0.05, 0.1) is 5.56 Å². The predicted molar refractivity (Wildman–Crippen MR) is 122 cm³/mol. The predicted octanol–water partition coefficient (Wildman–Crippen LogP) is 5.93. The van der Waals surface area contributed by atoms with Crippen molar-refractivity contribution in [1.82, 2.24) is 0 Å². The zero-order valence-corrected chi connectivity index (χ0v) is 18.9. The van der Waals surface area contributed by atoms with Crippen molar-refractivity contribution in [3.63, 3.8) is 0 Å². The lowest BCUT2D eigenvalue weighted by molar-refractivity contribution is 0.0224. The summed E-state index contributed by atoms with van der Waals surface area (Å²) in [7, 11) is 4.00. The molecule has 2 aliphatic heterocycles. The minimum absolute atomic E-state index is 0.0291. The van der Waals surface area contributed by atoms with E-state index in [1.54, 1.807) is 0 Å². The van der Waals surface area contributed by atoms with Crippen LogP contribution in [0, 0.1) is 6.92 Å². The Balaban J connectivity index is 1.83. The van der Waals surface area contributed by atoms with Gasteiger partial charge in [0.2, 0.25) is 0 Å². The molecule has 0 radical (unpaired) electrons. The Bertz CT molecular complexity index is 1240. The Labute approximate surface area is 183 Å². The molecule has 4 nitrogen and oxygen atoms in total. The van der Waals surface area contributed by atoms with Crippen molar-refractivity contribution in [2.75, 3.05) is 19.0 Å². The molecule has 0 saturated carbocycles. The highest BCUT2D eigenvalue weighted by atomic mass is 16.6. The van der Waals surface area contributed by atoms with Crippen molar-refractivity contribution in [3.8, 4) is 11.5 Å². The summed E-state index contributed by atoms with van der Waals surface area (Å²) >= 11 is 0. The topological polar surface area (TPSA) is 38.8 Å². The fraction of sp³-hybridized carbons (Fsp3) is 0.296. The number of rotatable bonds is 1. The minimum Gasteiger partial charge on any atom is -0.456 e. The molecular weight excluding hydrogens is 386 g/mol. The molecule has 1 spiro atoms. The molecule has 0 N–H and O–H groups in total. The van der Waals surface area contributed by atoms with Crippen LogP contribution >= 0.6 is 0 Å². The molecule has 0 amide bonds. The molecular formula is C27H27NO3. The zero-order chi connectivity index (χ0) is 22.1. The number of anilines is 1. The fourth-order valence-electron chi connectivity index (χ4n) is 4.58. The van der Waals surface area contributed by atoms with Crippen LogP contribution < -0.4 is 9.64 Å². The summed E-state index contributed by atoms with van der Waals surface area (Å²) in [6.07, 6.45) is 0. The van der Waals surface area contributed by atoms with Gasteiger partial charge in [0.1, 0.15) is 11.5 Å². The van der Waals surface area contributed by atoms with E-state index in [1.165, 1.54) is 5.56 Å². The van der Waals surface area contributed by atoms with Gasteiger partial charge >= 0.3 is 5.97 Å². The molecule has 3 aromatic carbocycles. The molecule has 5 rings (SSSR count). The molecule has 0 aliphatic carbocycles. The smallest absolute Gasteiger partial charge is 0.340 e. The van der Waals surface area contributed by atoms with Crippen LogP contribution in [0.4, 0.5) is 5.69 Å². The first-order chi connectivity index (χ1) is 14.6. The molecule has 2 heterocycles. The number of esters is 1. The summed E-state index contributed by atoms with van der Waals surface area (Å²) in [6.45, 7) is 8.53. The summed E-state index contributed by atoms with van der Waals surface area (Å²) in [5, 5.41) is 0. The third kappa shape index (κ3) is 2.78. The normalized spacial score (nSPS) is 18.7. The van der Waals surface area contributed by atoms with Gasteiger partial charge in [-0.1, -0.05) is 50.6 Å². The SMILES string of the molecule is Cc1ccc2c(c1)C(=O)OC21c2ccc(N(C)C)cc2Oc2cc(C(C)(C)C)ccc21. The van der Waals surface area contributed by atoms with Crippen LogP contribution in [0.3, 0.4) is 0 Å². The first kappa shape index (κ1) is 19.7. The molecule has 3 aromatic rings. The number of carbonyl (C=O) groups excluding carboxylic acids is 1. The van der Waals surface area contributed by atoms with Gasteiger partial charge in [-0.05, 0) is 42.2 Å². The van der Waals surface area contributed by atoms with E-state index in [-0.39, 0.29) is 11.4 Å². The lowest BCUT2D eigenvalue weighted by Gasteiger charge is -2.37. The van der Waals surface area contributed by atoms with Crippen LogP contribution in [0.2, 0.25) is 0 Å². The molecule has 0 saturated heterocycles. The average Bonchev–Trinajstić information content (AvgIpc) is 2.99. The highest BCUT2D eigenvalue weighted by molar-refractivity contribution is 5.97. The zero-order valence-electron chi connectivity index (χ0n) is 18.9. The minimum atomic E-state index is -1.01. The van der Waals surface area contributed by atoms with Crippen molar-refractivity contribution in [3.05, 3.63) is 88.0 Å². The lowest BCUT2D eigenvalue weighted by Crippen LogP contribution is -2.33. The van der Waals surface area contributed by atoms with Crippen LogP contribution in [0.1, 0.15) is 58.9 Å². The van der Waals surface area contributed by atoms with Crippen LogP contribution in [-0.4, -0.2) is 20.1 Å². The van der Waals surface area contributed by atoms with Crippen molar-refractivity contribution in [1.29, 1.82) is 0 Å². The number of aryl methyl sites for hydroxylation is 1. The van der Waals surface area contributed by atoms with Crippen molar-refractivity contribution < 1.29 is 14.3 Å². The number of nitrogens with zero attached hydrogens (tertiary/aromatic N) is 1. The van der Waals surface area contributed by atoms with E-state index in [0.29, 0.717) is 11.3 Å². The third-order valence-corrected chi connectivity index (χ3v) is 6.33. The van der Waals surface area contributed by atoms with E-state index < -0.39 is 5.60 Å². The second kappa shape index (κ2) is 6.36. The summed E-state index contributed by atoms with van der Waals surface area (Å²) in [5.41, 5.74) is 5.39. The van der Waals surface area contributed by atoms with E-state index in [0.717, 1.165) is 33.7 Å². The molecule has 0 aromatic heterocycles. The van der Waals surface area contributed by atoms with Gasteiger partial charge < -0.3 is 14.4 Å². The Kier molecular flexibility index (Phi) is 4.04. The number of benzene rings is 3. The van der Waals surface area contributed by atoms with Gasteiger partial charge in [-0.25, -0.2) is 4.79 Å². The molecule has 1 unspecified atom stereocenters. The van der Waals surface area contributed by atoms with Gasteiger partial charge in [-0.3, -0.25) is 0 Å². The molecule has 4 heteroatoms. The first-order valence-electron chi connectivity index (χ1n) is 10.6. The number of hydrogen-bond acceptors (Lipinski definition) is 4. The van der Waals surface area contributed by atoms with Gasteiger partial charge in [0.25, 0.3) is 0 Å². The quantitative estimate of drug-likeness (QED) is 0.464.